The second kappa shape index (κ2) is 7.31. The van der Waals surface area contributed by atoms with Gasteiger partial charge < -0.3 is 14.6 Å². The largest absolute Gasteiger partial charge is 0.380 e. The fourth-order valence-corrected chi connectivity index (χ4v) is 2.41. The normalized spacial score (nSPS) is 11.3. The zero-order valence-electron chi connectivity index (χ0n) is 12.0. The molecule has 2 aromatic rings. The summed E-state index contributed by atoms with van der Waals surface area (Å²) in [4.78, 5) is 0. The van der Waals surface area contributed by atoms with Crippen molar-refractivity contribution in [2.24, 2.45) is 0 Å². The third-order valence-electron chi connectivity index (χ3n) is 3.37. The van der Waals surface area contributed by atoms with E-state index in [1.54, 1.807) is 0 Å². The summed E-state index contributed by atoms with van der Waals surface area (Å²) < 4.78 is 7.77. The maximum atomic E-state index is 5.46. The summed E-state index contributed by atoms with van der Waals surface area (Å²) in [6, 6.07) is 8.63. The number of hydrogen-bond acceptors (Lipinski definition) is 2. The maximum Gasteiger partial charge on any atom is 0.0645 e. The lowest BCUT2D eigenvalue weighted by Crippen LogP contribution is -2.15. The Hall–Kier alpha value is -1.32. The topological polar surface area (TPSA) is 26.2 Å². The standard InChI is InChI=1S/C16H24N2O/c1-3-17-10-9-14-13-18(11-12-19-4-2)16-8-6-5-7-15(14)16/h5-8,13,17H,3-4,9-12H2,1-2H3. The highest BCUT2D eigenvalue weighted by atomic mass is 16.5. The number of rotatable bonds is 8. The van der Waals surface area contributed by atoms with Crippen molar-refractivity contribution >= 4 is 10.9 Å². The second-order valence-electron chi connectivity index (χ2n) is 4.67. The number of ether oxygens (including phenoxy) is 1. The molecule has 19 heavy (non-hydrogen) atoms. The van der Waals surface area contributed by atoms with Crippen LogP contribution in [-0.4, -0.2) is 30.9 Å². The van der Waals surface area contributed by atoms with E-state index >= 15 is 0 Å². The summed E-state index contributed by atoms with van der Waals surface area (Å²) in [5.41, 5.74) is 2.74. The third kappa shape index (κ3) is 3.58. The van der Waals surface area contributed by atoms with Crippen molar-refractivity contribution in [3.8, 4) is 0 Å². The minimum absolute atomic E-state index is 0.780. The first-order chi connectivity index (χ1) is 9.36. The van der Waals surface area contributed by atoms with E-state index in [1.165, 1.54) is 16.5 Å². The molecular formula is C16H24N2O. The molecule has 0 fully saturated rings. The summed E-state index contributed by atoms with van der Waals surface area (Å²) in [6.45, 7) is 8.74. The molecule has 1 heterocycles. The van der Waals surface area contributed by atoms with Gasteiger partial charge in [0.2, 0.25) is 0 Å². The summed E-state index contributed by atoms with van der Waals surface area (Å²) in [5.74, 6) is 0. The number of hydrogen-bond donors (Lipinski definition) is 1. The number of fused-ring (bicyclic) bond motifs is 1. The molecule has 0 spiro atoms. The summed E-state index contributed by atoms with van der Waals surface area (Å²) in [7, 11) is 0. The van der Waals surface area contributed by atoms with Crippen LogP contribution in [0.5, 0.6) is 0 Å². The second-order valence-corrected chi connectivity index (χ2v) is 4.67. The maximum absolute atomic E-state index is 5.46. The van der Waals surface area contributed by atoms with Crippen LogP contribution >= 0.6 is 0 Å². The van der Waals surface area contributed by atoms with Crippen molar-refractivity contribution in [3.63, 3.8) is 0 Å². The number of likely N-dealkylation sites (N-methyl/N-ethyl adjacent to an activating group) is 1. The Kier molecular flexibility index (Phi) is 5.43. The SMILES string of the molecule is CCNCCc1cn(CCOCC)c2ccccc12. The van der Waals surface area contributed by atoms with Crippen LogP contribution in [0, 0.1) is 0 Å². The zero-order valence-corrected chi connectivity index (χ0v) is 12.0. The van der Waals surface area contributed by atoms with Gasteiger partial charge in [0.15, 0.2) is 0 Å². The van der Waals surface area contributed by atoms with Gasteiger partial charge in [-0.1, -0.05) is 25.1 Å². The van der Waals surface area contributed by atoms with Crippen molar-refractivity contribution in [2.75, 3.05) is 26.3 Å². The Balaban J connectivity index is 2.16. The zero-order chi connectivity index (χ0) is 13.5. The van der Waals surface area contributed by atoms with Crippen molar-refractivity contribution < 1.29 is 4.74 Å². The molecule has 0 aliphatic carbocycles. The Morgan fingerprint density at radius 1 is 1.21 bits per heavy atom. The fourth-order valence-electron chi connectivity index (χ4n) is 2.41. The van der Waals surface area contributed by atoms with Gasteiger partial charge in [0, 0.05) is 30.3 Å². The van der Waals surface area contributed by atoms with Crippen LogP contribution in [0.25, 0.3) is 10.9 Å². The molecule has 1 aromatic heterocycles. The predicted octanol–water partition coefficient (Wildman–Crippen LogP) is 2.83. The van der Waals surface area contributed by atoms with E-state index in [0.717, 1.165) is 39.3 Å². The molecule has 1 N–H and O–H groups in total. The average molecular weight is 260 g/mol. The lowest BCUT2D eigenvalue weighted by Gasteiger charge is -2.04. The highest BCUT2D eigenvalue weighted by Crippen LogP contribution is 2.21. The molecule has 0 aliphatic heterocycles. The molecule has 0 saturated carbocycles. The van der Waals surface area contributed by atoms with E-state index in [-0.39, 0.29) is 0 Å². The van der Waals surface area contributed by atoms with Crippen LogP contribution in [0.1, 0.15) is 19.4 Å². The molecule has 0 aliphatic rings. The van der Waals surface area contributed by atoms with Gasteiger partial charge in [-0.3, -0.25) is 0 Å². The minimum Gasteiger partial charge on any atom is -0.380 e. The van der Waals surface area contributed by atoms with Crippen LogP contribution < -0.4 is 5.32 Å². The van der Waals surface area contributed by atoms with Gasteiger partial charge in [0.05, 0.1) is 6.61 Å². The number of para-hydroxylation sites is 1. The van der Waals surface area contributed by atoms with Crippen LogP contribution in [0.2, 0.25) is 0 Å². The van der Waals surface area contributed by atoms with Crippen molar-refractivity contribution in [3.05, 3.63) is 36.0 Å². The molecule has 3 heteroatoms. The van der Waals surface area contributed by atoms with Gasteiger partial charge in [-0.25, -0.2) is 0 Å². The molecule has 0 saturated heterocycles. The first-order valence-corrected chi connectivity index (χ1v) is 7.22. The van der Waals surface area contributed by atoms with E-state index in [0.29, 0.717) is 0 Å². The first-order valence-electron chi connectivity index (χ1n) is 7.22. The van der Waals surface area contributed by atoms with Gasteiger partial charge in [0.1, 0.15) is 0 Å². The van der Waals surface area contributed by atoms with Crippen molar-refractivity contribution in [2.45, 2.75) is 26.8 Å². The number of nitrogens with zero attached hydrogens (tertiary/aromatic N) is 1. The molecule has 0 bridgehead atoms. The monoisotopic (exact) mass is 260 g/mol. The third-order valence-corrected chi connectivity index (χ3v) is 3.37. The lowest BCUT2D eigenvalue weighted by atomic mass is 10.1. The number of aromatic nitrogens is 1. The molecule has 104 valence electrons. The Morgan fingerprint density at radius 3 is 2.84 bits per heavy atom. The molecule has 2 rings (SSSR count). The highest BCUT2D eigenvalue weighted by Gasteiger charge is 2.07. The predicted molar refractivity (Wildman–Crippen MR) is 80.7 cm³/mol. The van der Waals surface area contributed by atoms with E-state index in [1.807, 2.05) is 6.92 Å². The van der Waals surface area contributed by atoms with Crippen LogP contribution in [0.4, 0.5) is 0 Å². The molecule has 0 atom stereocenters. The smallest absolute Gasteiger partial charge is 0.0645 e. The minimum atomic E-state index is 0.780. The van der Waals surface area contributed by atoms with Crippen LogP contribution in [-0.2, 0) is 17.7 Å². The summed E-state index contributed by atoms with van der Waals surface area (Å²) in [6.07, 6.45) is 3.36. The van der Waals surface area contributed by atoms with Gasteiger partial charge in [-0.15, -0.1) is 0 Å². The molecular weight excluding hydrogens is 236 g/mol. The Labute approximate surface area is 115 Å². The van der Waals surface area contributed by atoms with E-state index in [9.17, 15) is 0 Å². The number of nitrogens with one attached hydrogen (secondary N) is 1. The van der Waals surface area contributed by atoms with Gasteiger partial charge >= 0.3 is 0 Å². The van der Waals surface area contributed by atoms with Crippen molar-refractivity contribution in [1.29, 1.82) is 0 Å². The van der Waals surface area contributed by atoms with Gasteiger partial charge in [-0.05, 0) is 38.1 Å². The molecule has 0 radical (unpaired) electrons. The van der Waals surface area contributed by atoms with Crippen molar-refractivity contribution in [1.82, 2.24) is 9.88 Å². The quantitative estimate of drug-likeness (QED) is 0.739. The fraction of sp³-hybridized carbons (Fsp3) is 0.500. The first kappa shape index (κ1) is 14.1. The van der Waals surface area contributed by atoms with Gasteiger partial charge in [0.25, 0.3) is 0 Å². The van der Waals surface area contributed by atoms with E-state index in [4.69, 9.17) is 4.74 Å². The van der Waals surface area contributed by atoms with Crippen LogP contribution in [0.15, 0.2) is 30.5 Å². The number of benzene rings is 1. The van der Waals surface area contributed by atoms with Gasteiger partial charge in [-0.2, -0.15) is 0 Å². The van der Waals surface area contributed by atoms with E-state index in [2.05, 4.69) is 47.3 Å². The van der Waals surface area contributed by atoms with E-state index < -0.39 is 0 Å². The molecule has 0 amide bonds. The molecule has 1 aromatic carbocycles. The molecule has 0 unspecified atom stereocenters. The highest BCUT2D eigenvalue weighted by molar-refractivity contribution is 5.84. The summed E-state index contributed by atoms with van der Waals surface area (Å²) in [5, 5.41) is 4.76. The Bertz CT molecular complexity index is 460. The molecule has 3 nitrogen and oxygen atoms in total. The average Bonchev–Trinajstić information content (AvgIpc) is 2.79. The Morgan fingerprint density at radius 2 is 2.05 bits per heavy atom. The summed E-state index contributed by atoms with van der Waals surface area (Å²) >= 11 is 0. The van der Waals surface area contributed by atoms with Crippen LogP contribution in [0.3, 0.4) is 0 Å². The lowest BCUT2D eigenvalue weighted by molar-refractivity contribution is 0.140.